The van der Waals surface area contributed by atoms with E-state index in [9.17, 15) is 14.7 Å². The molecule has 11 nitrogen and oxygen atoms in total. The molecule has 0 radical (unpaired) electrons. The van der Waals surface area contributed by atoms with Crippen LogP contribution in [0.25, 0.3) is 5.69 Å². The molecule has 1 fully saturated rings. The highest BCUT2D eigenvalue weighted by Crippen LogP contribution is 2.22. The topological polar surface area (TPSA) is 154 Å². The van der Waals surface area contributed by atoms with Crippen LogP contribution in [0.3, 0.4) is 0 Å². The molecule has 26 heavy (non-hydrogen) atoms. The van der Waals surface area contributed by atoms with Crippen molar-refractivity contribution in [1.29, 1.82) is 5.26 Å². The second-order valence-electron chi connectivity index (χ2n) is 5.63. The lowest BCUT2D eigenvalue weighted by Gasteiger charge is -2.35. The summed E-state index contributed by atoms with van der Waals surface area (Å²) in [5, 5.41) is 39.1. The fraction of sp³-hybridized carbons (Fsp3) is 0.333. The predicted octanol–water partition coefficient (Wildman–Crippen LogP) is -0.900. The zero-order valence-corrected chi connectivity index (χ0v) is 13.6. The number of morpholine rings is 1. The average molecular weight is 358 g/mol. The van der Waals surface area contributed by atoms with Crippen molar-refractivity contribution in [2.75, 3.05) is 11.4 Å². The Balaban J connectivity index is 1.89. The van der Waals surface area contributed by atoms with E-state index >= 15 is 0 Å². The van der Waals surface area contributed by atoms with Gasteiger partial charge in [-0.25, -0.2) is 9.48 Å². The van der Waals surface area contributed by atoms with Gasteiger partial charge in [-0.15, -0.1) is 10.2 Å². The number of carboxylic acid groups (broad SMARTS) is 1. The summed E-state index contributed by atoms with van der Waals surface area (Å²) in [6, 6.07) is 4.89. The standard InChI is InChI=1S/C15H14N6O5/c1-8-7-20(14(23)13(26-8)12(22)15(24)25)11-2-3-21(19-11)10-4-9(5-16)18-17-6-10/h2-4,6,8,12-13,22H,7H2,1H3,(H,24,25)/t8-,12-,13-/m1/s1. The smallest absolute Gasteiger partial charge is 0.335 e. The maximum Gasteiger partial charge on any atom is 0.335 e. The lowest BCUT2D eigenvalue weighted by Crippen LogP contribution is -2.57. The van der Waals surface area contributed by atoms with Gasteiger partial charge in [0.15, 0.2) is 23.7 Å². The van der Waals surface area contributed by atoms with Crippen molar-refractivity contribution in [3.05, 3.63) is 30.2 Å². The quantitative estimate of drug-likeness (QED) is 0.707. The number of carbonyl (C=O) groups is 2. The maximum atomic E-state index is 12.5. The lowest BCUT2D eigenvalue weighted by atomic mass is 10.1. The van der Waals surface area contributed by atoms with Gasteiger partial charge in [0.05, 0.1) is 24.5 Å². The normalized spacial score (nSPS) is 21.3. The molecule has 3 atom stereocenters. The molecule has 1 amide bonds. The molecular weight excluding hydrogens is 344 g/mol. The highest BCUT2D eigenvalue weighted by Gasteiger charge is 2.42. The van der Waals surface area contributed by atoms with Crippen molar-refractivity contribution < 1.29 is 24.5 Å². The number of carboxylic acids is 1. The minimum atomic E-state index is -1.97. The third-order valence-corrected chi connectivity index (χ3v) is 3.74. The summed E-state index contributed by atoms with van der Waals surface area (Å²) in [7, 11) is 0. The van der Waals surface area contributed by atoms with Crippen molar-refractivity contribution in [2.45, 2.75) is 25.2 Å². The number of hydrogen-bond donors (Lipinski definition) is 2. The molecule has 1 aliphatic rings. The molecule has 1 saturated heterocycles. The minimum Gasteiger partial charge on any atom is -0.479 e. The van der Waals surface area contributed by atoms with Crippen LogP contribution in [-0.4, -0.2) is 66.9 Å². The third kappa shape index (κ3) is 3.23. The average Bonchev–Trinajstić information content (AvgIpc) is 3.12. The molecule has 134 valence electrons. The van der Waals surface area contributed by atoms with Crippen LogP contribution in [0.15, 0.2) is 24.5 Å². The SMILES string of the molecule is C[C@@H]1CN(c2ccn(-c3cnnc(C#N)c3)n2)C(=O)[C@@H]([C@@H](O)C(=O)O)O1. The van der Waals surface area contributed by atoms with Gasteiger partial charge >= 0.3 is 5.97 Å². The van der Waals surface area contributed by atoms with Gasteiger partial charge in [0.2, 0.25) is 0 Å². The number of rotatable bonds is 4. The molecule has 0 saturated carbocycles. The van der Waals surface area contributed by atoms with Crippen LogP contribution in [0.4, 0.5) is 5.82 Å². The number of carbonyl (C=O) groups excluding carboxylic acids is 1. The second kappa shape index (κ2) is 6.87. The number of aromatic nitrogens is 4. The van der Waals surface area contributed by atoms with Gasteiger partial charge in [0, 0.05) is 18.3 Å². The van der Waals surface area contributed by atoms with E-state index < -0.39 is 30.2 Å². The number of nitriles is 1. The molecule has 0 aliphatic carbocycles. The van der Waals surface area contributed by atoms with Gasteiger partial charge in [-0.05, 0) is 6.92 Å². The first kappa shape index (κ1) is 17.5. The number of aliphatic carboxylic acids is 1. The van der Waals surface area contributed by atoms with E-state index in [4.69, 9.17) is 15.1 Å². The Bertz CT molecular complexity index is 891. The summed E-state index contributed by atoms with van der Waals surface area (Å²) >= 11 is 0. The predicted molar refractivity (Wildman–Crippen MR) is 84.2 cm³/mol. The first-order valence-electron chi connectivity index (χ1n) is 7.57. The third-order valence-electron chi connectivity index (χ3n) is 3.74. The van der Waals surface area contributed by atoms with Crippen LogP contribution in [0.2, 0.25) is 0 Å². The summed E-state index contributed by atoms with van der Waals surface area (Å²) in [5.41, 5.74) is 0.582. The van der Waals surface area contributed by atoms with Gasteiger partial charge in [-0.1, -0.05) is 0 Å². The van der Waals surface area contributed by atoms with Crippen LogP contribution < -0.4 is 4.90 Å². The molecule has 2 aromatic heterocycles. The van der Waals surface area contributed by atoms with Gasteiger partial charge in [0.1, 0.15) is 6.07 Å². The van der Waals surface area contributed by atoms with Crippen molar-refractivity contribution in [1.82, 2.24) is 20.0 Å². The maximum absolute atomic E-state index is 12.5. The molecule has 3 rings (SSSR count). The van der Waals surface area contributed by atoms with E-state index in [0.717, 1.165) is 0 Å². The molecule has 0 aromatic carbocycles. The summed E-state index contributed by atoms with van der Waals surface area (Å²) in [5.74, 6) is -1.99. The Morgan fingerprint density at radius 1 is 1.54 bits per heavy atom. The van der Waals surface area contributed by atoms with E-state index in [1.165, 1.54) is 21.8 Å². The molecular formula is C15H14N6O5. The van der Waals surface area contributed by atoms with Gasteiger partial charge in [-0.3, -0.25) is 9.69 Å². The van der Waals surface area contributed by atoms with Gasteiger partial charge in [0.25, 0.3) is 5.91 Å². The monoisotopic (exact) mass is 358 g/mol. The van der Waals surface area contributed by atoms with E-state index in [1.54, 1.807) is 19.2 Å². The molecule has 3 heterocycles. The number of ether oxygens (including phenoxy) is 1. The van der Waals surface area contributed by atoms with E-state index in [1.807, 2.05) is 6.07 Å². The number of amides is 1. The Hall–Kier alpha value is -3.36. The van der Waals surface area contributed by atoms with Crippen LogP contribution in [0.1, 0.15) is 12.6 Å². The number of hydrogen-bond acceptors (Lipinski definition) is 8. The Morgan fingerprint density at radius 3 is 3.00 bits per heavy atom. The Labute approximate surface area is 147 Å². The first-order valence-corrected chi connectivity index (χ1v) is 7.57. The lowest BCUT2D eigenvalue weighted by molar-refractivity contribution is -0.168. The first-order chi connectivity index (χ1) is 12.4. The van der Waals surface area contributed by atoms with Crippen molar-refractivity contribution in [3.63, 3.8) is 0 Å². The summed E-state index contributed by atoms with van der Waals surface area (Å²) in [6.45, 7) is 1.81. The van der Waals surface area contributed by atoms with Crippen molar-refractivity contribution in [3.8, 4) is 11.8 Å². The number of anilines is 1. The van der Waals surface area contributed by atoms with E-state index in [-0.39, 0.29) is 18.1 Å². The largest absolute Gasteiger partial charge is 0.479 e. The Morgan fingerprint density at radius 2 is 2.31 bits per heavy atom. The molecule has 11 heteroatoms. The zero-order valence-electron chi connectivity index (χ0n) is 13.6. The van der Waals surface area contributed by atoms with Crippen LogP contribution in [0, 0.1) is 11.3 Å². The van der Waals surface area contributed by atoms with Gasteiger partial charge in [-0.2, -0.15) is 10.4 Å². The molecule has 2 aromatic rings. The molecule has 0 spiro atoms. The fourth-order valence-electron chi connectivity index (χ4n) is 2.54. The molecule has 2 N–H and O–H groups in total. The summed E-state index contributed by atoms with van der Waals surface area (Å²) in [6.07, 6.45) is -1.03. The van der Waals surface area contributed by atoms with Crippen molar-refractivity contribution in [2.24, 2.45) is 0 Å². The molecule has 0 unspecified atom stereocenters. The molecule has 0 bridgehead atoms. The van der Waals surface area contributed by atoms with Crippen LogP contribution in [0.5, 0.6) is 0 Å². The van der Waals surface area contributed by atoms with Gasteiger partial charge < -0.3 is 14.9 Å². The summed E-state index contributed by atoms with van der Waals surface area (Å²) in [4.78, 5) is 24.8. The van der Waals surface area contributed by atoms with E-state index in [0.29, 0.717) is 5.69 Å². The Kier molecular flexibility index (Phi) is 4.61. The zero-order chi connectivity index (χ0) is 18.8. The highest BCUT2D eigenvalue weighted by atomic mass is 16.5. The van der Waals surface area contributed by atoms with Crippen molar-refractivity contribution >= 4 is 17.7 Å². The summed E-state index contributed by atoms with van der Waals surface area (Å²) < 4.78 is 6.69. The minimum absolute atomic E-state index is 0.111. The van der Waals surface area contributed by atoms with Crippen LogP contribution in [-0.2, 0) is 14.3 Å². The number of aliphatic hydroxyl groups is 1. The highest BCUT2D eigenvalue weighted by molar-refractivity contribution is 5.99. The van der Waals surface area contributed by atoms with E-state index in [2.05, 4.69) is 15.3 Å². The second-order valence-corrected chi connectivity index (χ2v) is 5.63. The fourth-order valence-corrected chi connectivity index (χ4v) is 2.54. The number of nitrogens with zero attached hydrogens (tertiary/aromatic N) is 6. The molecule has 1 aliphatic heterocycles. The van der Waals surface area contributed by atoms with Crippen LogP contribution >= 0.6 is 0 Å². The number of aliphatic hydroxyl groups excluding tert-OH is 1.